The van der Waals surface area contributed by atoms with Crippen molar-refractivity contribution in [3.8, 4) is 5.75 Å². The van der Waals surface area contributed by atoms with Crippen LogP contribution in [-0.2, 0) is 9.59 Å². The second-order valence-electron chi connectivity index (χ2n) is 5.74. The Morgan fingerprint density at radius 3 is 2.25 bits per heavy atom. The molecule has 0 bridgehead atoms. The van der Waals surface area contributed by atoms with Gasteiger partial charge < -0.3 is 14.9 Å². The van der Waals surface area contributed by atoms with Crippen LogP contribution < -0.4 is 4.74 Å². The molecule has 0 spiro atoms. The zero-order valence-electron chi connectivity index (χ0n) is 14.1. The second-order valence-corrected chi connectivity index (χ2v) is 5.74. The zero-order chi connectivity index (χ0) is 17.8. The number of carboxylic acid groups (broad SMARTS) is 2. The number of aliphatic carboxylic acids is 2. The normalized spacial score (nSPS) is 12.2. The number of carboxylic acids is 2. The Hall–Kier alpha value is -2.30. The Morgan fingerprint density at radius 2 is 1.67 bits per heavy atom. The Labute approximate surface area is 143 Å². The molecule has 0 saturated heterocycles. The van der Waals surface area contributed by atoms with Crippen LogP contribution in [0, 0.1) is 0 Å². The van der Waals surface area contributed by atoms with E-state index in [0.717, 1.165) is 25.3 Å². The Bertz CT molecular complexity index is 533. The zero-order valence-corrected chi connectivity index (χ0v) is 14.1. The summed E-state index contributed by atoms with van der Waals surface area (Å²) in [5.41, 5.74) is 0.715. The molecule has 5 heteroatoms. The summed E-state index contributed by atoms with van der Waals surface area (Å²) >= 11 is 0. The predicted octanol–water partition coefficient (Wildman–Crippen LogP) is 4.37. The van der Waals surface area contributed by atoms with Gasteiger partial charge in [-0.2, -0.15) is 0 Å². The van der Waals surface area contributed by atoms with Gasteiger partial charge in [0.1, 0.15) is 5.75 Å². The lowest BCUT2D eigenvalue weighted by Gasteiger charge is -2.15. The molecule has 5 nitrogen and oxygen atoms in total. The van der Waals surface area contributed by atoms with Gasteiger partial charge in [-0.1, -0.05) is 51.2 Å². The first-order valence-electron chi connectivity index (χ1n) is 8.43. The highest BCUT2D eigenvalue weighted by atomic mass is 16.5. The summed E-state index contributed by atoms with van der Waals surface area (Å²) in [6.07, 6.45) is 8.75. The van der Waals surface area contributed by atoms with Crippen molar-refractivity contribution in [3.63, 3.8) is 0 Å². The molecule has 1 aromatic rings. The molecule has 24 heavy (non-hydrogen) atoms. The molecule has 2 N–H and O–H groups in total. The van der Waals surface area contributed by atoms with E-state index >= 15 is 0 Å². The van der Waals surface area contributed by atoms with E-state index in [1.54, 1.807) is 24.3 Å². The minimum Gasteiger partial charge on any atom is -0.479 e. The van der Waals surface area contributed by atoms with Crippen molar-refractivity contribution in [1.29, 1.82) is 0 Å². The number of benzene rings is 1. The fraction of sp³-hybridized carbons (Fsp3) is 0.474. The van der Waals surface area contributed by atoms with Crippen LogP contribution in [0.25, 0.3) is 6.08 Å². The van der Waals surface area contributed by atoms with Gasteiger partial charge in [-0.3, -0.25) is 0 Å². The molecule has 0 aliphatic carbocycles. The molecule has 0 fully saturated rings. The molecule has 132 valence electrons. The van der Waals surface area contributed by atoms with Crippen LogP contribution in [0.15, 0.2) is 30.3 Å². The van der Waals surface area contributed by atoms with Gasteiger partial charge in [0, 0.05) is 6.08 Å². The lowest BCUT2D eigenvalue weighted by molar-refractivity contribution is -0.145. The number of hydrogen-bond donors (Lipinski definition) is 2. The summed E-state index contributed by atoms with van der Waals surface area (Å²) in [6.45, 7) is 2.16. The maximum absolute atomic E-state index is 11.3. The first kappa shape index (κ1) is 19.7. The molecule has 0 aliphatic rings. The van der Waals surface area contributed by atoms with E-state index in [-0.39, 0.29) is 0 Å². The van der Waals surface area contributed by atoms with Crippen molar-refractivity contribution in [3.05, 3.63) is 35.9 Å². The molecule has 0 saturated carbocycles. The van der Waals surface area contributed by atoms with Crippen molar-refractivity contribution in [2.75, 3.05) is 0 Å². The number of unbranched alkanes of at least 4 members (excludes halogenated alkanes) is 5. The lowest BCUT2D eigenvalue weighted by Crippen LogP contribution is -2.26. The van der Waals surface area contributed by atoms with Crippen molar-refractivity contribution < 1.29 is 24.5 Å². The van der Waals surface area contributed by atoms with Crippen molar-refractivity contribution in [2.45, 2.75) is 58.0 Å². The summed E-state index contributed by atoms with van der Waals surface area (Å²) in [4.78, 5) is 21.8. The van der Waals surface area contributed by atoms with E-state index in [0.29, 0.717) is 17.7 Å². The van der Waals surface area contributed by atoms with E-state index in [9.17, 15) is 14.7 Å². The predicted molar refractivity (Wildman–Crippen MR) is 93.2 cm³/mol. The van der Waals surface area contributed by atoms with Gasteiger partial charge in [0.15, 0.2) is 6.10 Å². The molecule has 0 aromatic heterocycles. The van der Waals surface area contributed by atoms with Gasteiger partial charge in [0.2, 0.25) is 0 Å². The van der Waals surface area contributed by atoms with Crippen LogP contribution in [0.5, 0.6) is 5.75 Å². The first-order chi connectivity index (χ1) is 11.5. The molecule has 1 rings (SSSR count). The quantitative estimate of drug-likeness (QED) is 0.438. The SMILES string of the molecule is CCCCCCCCC(Oc1ccc(/C=C/C(=O)O)cc1)C(=O)O. The summed E-state index contributed by atoms with van der Waals surface area (Å²) in [6, 6.07) is 6.69. The van der Waals surface area contributed by atoms with Crippen LogP contribution in [0.4, 0.5) is 0 Å². The number of hydrogen-bond acceptors (Lipinski definition) is 3. The average Bonchev–Trinajstić information content (AvgIpc) is 2.56. The van der Waals surface area contributed by atoms with Crippen molar-refractivity contribution in [1.82, 2.24) is 0 Å². The Balaban J connectivity index is 2.47. The van der Waals surface area contributed by atoms with E-state index in [1.807, 2.05) is 0 Å². The highest BCUT2D eigenvalue weighted by Crippen LogP contribution is 2.18. The minimum atomic E-state index is -1.01. The molecular weight excluding hydrogens is 308 g/mol. The van der Waals surface area contributed by atoms with Crippen LogP contribution in [0.1, 0.15) is 57.4 Å². The maximum atomic E-state index is 11.3. The molecule has 1 atom stereocenters. The highest BCUT2D eigenvalue weighted by molar-refractivity contribution is 5.85. The number of rotatable bonds is 12. The van der Waals surface area contributed by atoms with Crippen LogP contribution in [0.3, 0.4) is 0 Å². The molecule has 0 aliphatic heterocycles. The first-order valence-corrected chi connectivity index (χ1v) is 8.43. The summed E-state index contributed by atoms with van der Waals surface area (Å²) in [7, 11) is 0. The second kappa shape index (κ2) is 11.3. The Morgan fingerprint density at radius 1 is 1.04 bits per heavy atom. The van der Waals surface area contributed by atoms with Crippen molar-refractivity contribution >= 4 is 18.0 Å². The molecule has 0 heterocycles. The van der Waals surface area contributed by atoms with Gasteiger partial charge in [-0.15, -0.1) is 0 Å². The molecule has 1 unspecified atom stereocenters. The van der Waals surface area contributed by atoms with Crippen molar-refractivity contribution in [2.24, 2.45) is 0 Å². The van der Waals surface area contributed by atoms with E-state index in [2.05, 4.69) is 6.92 Å². The molecular formula is C19H26O5. The van der Waals surface area contributed by atoms with Crippen LogP contribution in [-0.4, -0.2) is 28.3 Å². The fourth-order valence-electron chi connectivity index (χ4n) is 2.33. The van der Waals surface area contributed by atoms with Crippen LogP contribution in [0.2, 0.25) is 0 Å². The third-order valence-electron chi connectivity index (χ3n) is 3.67. The average molecular weight is 334 g/mol. The molecule has 0 radical (unpaired) electrons. The van der Waals surface area contributed by atoms with E-state index in [1.165, 1.54) is 25.3 Å². The molecule has 0 amide bonds. The van der Waals surface area contributed by atoms with E-state index < -0.39 is 18.0 Å². The van der Waals surface area contributed by atoms with Gasteiger partial charge in [-0.25, -0.2) is 9.59 Å². The smallest absolute Gasteiger partial charge is 0.344 e. The van der Waals surface area contributed by atoms with Gasteiger partial charge >= 0.3 is 11.9 Å². The van der Waals surface area contributed by atoms with Gasteiger partial charge in [0.25, 0.3) is 0 Å². The summed E-state index contributed by atoms with van der Waals surface area (Å²) < 4.78 is 5.54. The maximum Gasteiger partial charge on any atom is 0.344 e. The monoisotopic (exact) mass is 334 g/mol. The highest BCUT2D eigenvalue weighted by Gasteiger charge is 2.18. The number of carbonyl (C=O) groups is 2. The minimum absolute atomic E-state index is 0.473. The van der Waals surface area contributed by atoms with Gasteiger partial charge in [0.05, 0.1) is 0 Å². The standard InChI is InChI=1S/C19H26O5/c1-2-3-4-5-6-7-8-17(19(22)23)24-16-12-9-15(10-13-16)11-14-18(20)21/h9-14,17H,2-8H2,1H3,(H,20,21)(H,22,23)/b14-11+. The van der Waals surface area contributed by atoms with Crippen LogP contribution >= 0.6 is 0 Å². The van der Waals surface area contributed by atoms with Gasteiger partial charge in [-0.05, 0) is 36.6 Å². The number of ether oxygens (including phenoxy) is 1. The topological polar surface area (TPSA) is 83.8 Å². The third-order valence-corrected chi connectivity index (χ3v) is 3.67. The lowest BCUT2D eigenvalue weighted by atomic mass is 10.1. The summed E-state index contributed by atoms with van der Waals surface area (Å²) in [5, 5.41) is 17.9. The third kappa shape index (κ3) is 8.36. The summed E-state index contributed by atoms with van der Waals surface area (Å²) in [5.74, 6) is -1.50. The van der Waals surface area contributed by atoms with E-state index in [4.69, 9.17) is 9.84 Å². The fourth-order valence-corrected chi connectivity index (χ4v) is 2.33. The largest absolute Gasteiger partial charge is 0.479 e. The molecule has 1 aromatic carbocycles. The Kier molecular flexibility index (Phi) is 9.27.